The summed E-state index contributed by atoms with van der Waals surface area (Å²) in [5.41, 5.74) is 6.16. The number of carbonyl (C=O) groups excluding carboxylic acids is 5. The molecule has 0 radical (unpaired) electrons. The maximum atomic E-state index is 12.4. The fraction of sp³-hybridized carbons (Fsp3) is 0.528. The number of benzene rings is 2. The Bertz CT molecular complexity index is 1510. The first-order valence-corrected chi connectivity index (χ1v) is 16.7. The molecule has 0 saturated carbocycles. The normalized spacial score (nSPS) is 11.2. The molecule has 0 bridgehead atoms. The number of hydrogen-bond acceptors (Lipinski definition) is 15. The summed E-state index contributed by atoms with van der Waals surface area (Å²) in [4.78, 5) is 64.2. The second-order valence-electron chi connectivity index (χ2n) is 13.3. The molecular weight excluding hydrogens is 702 g/mol. The Hall–Kier alpha value is -4.76. The maximum Gasteiger partial charge on any atom is 0.325 e. The Kier molecular flexibility index (Phi) is 17.0. The van der Waals surface area contributed by atoms with E-state index in [1.807, 2.05) is 13.8 Å². The van der Waals surface area contributed by atoms with Gasteiger partial charge in [-0.05, 0) is 48.1 Å². The van der Waals surface area contributed by atoms with Gasteiger partial charge in [0.25, 0.3) is 0 Å². The van der Waals surface area contributed by atoms with Crippen molar-refractivity contribution in [2.45, 2.75) is 34.1 Å². The lowest BCUT2D eigenvalue weighted by molar-refractivity contribution is -0.141. The number of methoxy groups -OCH3 is 4. The molecule has 2 aromatic rings. The highest BCUT2D eigenvalue weighted by atomic mass is 35.5. The molecule has 0 saturated heterocycles. The van der Waals surface area contributed by atoms with Crippen molar-refractivity contribution >= 4 is 53.1 Å². The van der Waals surface area contributed by atoms with Gasteiger partial charge < -0.3 is 48.7 Å². The molecule has 0 aliphatic carbocycles. The molecule has 2 rings (SSSR count). The molecule has 2 aromatic carbocycles. The third-order valence-electron chi connectivity index (χ3n) is 7.74. The van der Waals surface area contributed by atoms with Crippen LogP contribution in [0.5, 0.6) is 17.2 Å². The molecule has 0 aliphatic heterocycles. The van der Waals surface area contributed by atoms with Gasteiger partial charge in [-0.3, -0.25) is 24.0 Å². The van der Waals surface area contributed by atoms with Crippen LogP contribution in [0.4, 0.5) is 11.4 Å². The number of halogens is 1. The zero-order valence-electron chi connectivity index (χ0n) is 31.1. The molecule has 0 unspecified atom stereocenters. The first-order chi connectivity index (χ1) is 24.5. The van der Waals surface area contributed by atoms with Gasteiger partial charge in [0.05, 0.1) is 52.0 Å². The number of carbonyl (C=O) groups is 5. The summed E-state index contributed by atoms with van der Waals surface area (Å²) in [6, 6.07) is 7.63. The van der Waals surface area contributed by atoms with Crippen LogP contribution in [0.3, 0.4) is 0 Å². The van der Waals surface area contributed by atoms with Crippen molar-refractivity contribution in [3.8, 4) is 17.2 Å². The fourth-order valence-electron chi connectivity index (χ4n) is 5.33. The molecule has 2 N–H and O–H groups in total. The minimum Gasteiger partial charge on any atom is -0.492 e. The Morgan fingerprint density at radius 2 is 1.13 bits per heavy atom. The molecule has 15 nitrogen and oxygen atoms in total. The van der Waals surface area contributed by atoms with Gasteiger partial charge in [-0.15, -0.1) is 0 Å². The quantitative estimate of drug-likeness (QED) is 0.0795. The second kappa shape index (κ2) is 20.3. The van der Waals surface area contributed by atoms with Gasteiger partial charge >= 0.3 is 23.9 Å². The molecule has 288 valence electrons. The van der Waals surface area contributed by atoms with Crippen LogP contribution in [0, 0.1) is 10.8 Å². The molecular formula is C36H50ClN3O12. The van der Waals surface area contributed by atoms with E-state index < -0.39 is 23.9 Å². The van der Waals surface area contributed by atoms with Gasteiger partial charge in [-0.1, -0.05) is 39.3 Å². The number of anilines is 2. The molecule has 0 amide bonds. The minimum atomic E-state index is -0.658. The van der Waals surface area contributed by atoms with Crippen molar-refractivity contribution in [3.63, 3.8) is 0 Å². The summed E-state index contributed by atoms with van der Waals surface area (Å²) < 4.78 is 37.6. The summed E-state index contributed by atoms with van der Waals surface area (Å²) in [6.07, 6.45) is 1.34. The SMILES string of the molecule is COC(=O)CN(CC(=O)OC)c1cc(Cl)ccc1OCCOc1cc(OCC(C)(C)CC(C)(C)CN)c(C=O)cc1N(CC(=O)OC)CC(=O)OC. The number of ether oxygens (including phenoxy) is 7. The summed E-state index contributed by atoms with van der Waals surface area (Å²) >= 11 is 6.26. The van der Waals surface area contributed by atoms with Crippen LogP contribution >= 0.6 is 11.6 Å². The highest BCUT2D eigenvalue weighted by molar-refractivity contribution is 6.31. The summed E-state index contributed by atoms with van der Waals surface area (Å²) in [6.45, 7) is 7.40. The monoisotopic (exact) mass is 751 g/mol. The highest BCUT2D eigenvalue weighted by Crippen LogP contribution is 2.38. The molecule has 16 heteroatoms. The van der Waals surface area contributed by atoms with Gasteiger partial charge in [0.2, 0.25) is 0 Å². The standard InChI is InChI=1S/C36H50ClN3O12/c1-35(2,22-38)21-36(3,4)23-52-29-15-30(26(13-24(29)20-41)39(16-31(42)46-5)17-32(43)47-6)51-12-11-50-28-10-9-25(37)14-27(28)40(18-33(44)48-7)19-34(45)49-8/h9-10,13-15,20H,11-12,16-19,21-23,38H2,1-8H3. The van der Waals surface area contributed by atoms with Crippen LogP contribution in [0.1, 0.15) is 44.5 Å². The predicted octanol–water partition coefficient (Wildman–Crippen LogP) is 3.70. The van der Waals surface area contributed by atoms with Crippen molar-refractivity contribution in [2.75, 3.05) is 90.8 Å². The van der Waals surface area contributed by atoms with E-state index >= 15 is 0 Å². The number of aldehydes is 1. The Balaban J connectivity index is 2.49. The third-order valence-corrected chi connectivity index (χ3v) is 7.97. The van der Waals surface area contributed by atoms with Gasteiger partial charge in [0.1, 0.15) is 56.6 Å². The van der Waals surface area contributed by atoms with Gasteiger partial charge in [-0.25, -0.2) is 0 Å². The molecule has 0 atom stereocenters. The average molecular weight is 752 g/mol. The first kappa shape index (κ1) is 43.4. The van der Waals surface area contributed by atoms with E-state index in [1.54, 1.807) is 12.1 Å². The van der Waals surface area contributed by atoms with Crippen molar-refractivity contribution < 1.29 is 57.1 Å². The number of rotatable bonds is 22. The molecule has 0 aromatic heterocycles. The Morgan fingerprint density at radius 1 is 0.673 bits per heavy atom. The summed E-state index contributed by atoms with van der Waals surface area (Å²) in [7, 11) is 4.85. The zero-order valence-corrected chi connectivity index (χ0v) is 31.8. The lowest BCUT2D eigenvalue weighted by Gasteiger charge is -2.34. The number of nitrogens with zero attached hydrogens (tertiary/aromatic N) is 2. The van der Waals surface area contributed by atoms with Crippen LogP contribution in [-0.2, 0) is 38.1 Å². The van der Waals surface area contributed by atoms with Crippen LogP contribution in [0.15, 0.2) is 30.3 Å². The number of hydrogen-bond donors (Lipinski definition) is 1. The molecule has 0 fully saturated rings. The second-order valence-corrected chi connectivity index (χ2v) is 13.7. The molecule has 0 spiro atoms. The van der Waals surface area contributed by atoms with E-state index in [9.17, 15) is 24.0 Å². The number of nitrogens with two attached hydrogens (primary N) is 1. The predicted molar refractivity (Wildman–Crippen MR) is 193 cm³/mol. The Labute approximate surface area is 309 Å². The minimum absolute atomic E-state index is 0.0702. The van der Waals surface area contributed by atoms with Crippen molar-refractivity contribution in [3.05, 3.63) is 40.9 Å². The van der Waals surface area contributed by atoms with Gasteiger partial charge in [-0.2, -0.15) is 0 Å². The summed E-state index contributed by atoms with van der Waals surface area (Å²) in [5.74, 6) is -1.91. The topological polar surface area (TPSA) is 182 Å². The van der Waals surface area contributed by atoms with E-state index in [0.717, 1.165) is 6.42 Å². The zero-order chi connectivity index (χ0) is 39.1. The third kappa shape index (κ3) is 13.8. The van der Waals surface area contributed by atoms with Crippen molar-refractivity contribution in [2.24, 2.45) is 16.6 Å². The van der Waals surface area contributed by atoms with Gasteiger partial charge in [0, 0.05) is 11.1 Å². The van der Waals surface area contributed by atoms with E-state index in [0.29, 0.717) is 23.5 Å². The highest BCUT2D eigenvalue weighted by Gasteiger charge is 2.30. The number of esters is 4. The summed E-state index contributed by atoms with van der Waals surface area (Å²) in [5, 5.41) is 0.317. The van der Waals surface area contributed by atoms with Crippen LogP contribution in [0.25, 0.3) is 0 Å². The smallest absolute Gasteiger partial charge is 0.325 e. The van der Waals surface area contributed by atoms with E-state index in [1.165, 1.54) is 56.4 Å². The van der Waals surface area contributed by atoms with E-state index in [2.05, 4.69) is 13.8 Å². The Morgan fingerprint density at radius 3 is 1.58 bits per heavy atom. The molecule has 0 heterocycles. The van der Waals surface area contributed by atoms with Crippen LogP contribution < -0.4 is 29.7 Å². The van der Waals surface area contributed by atoms with Gasteiger partial charge in [0.15, 0.2) is 6.29 Å². The molecule has 52 heavy (non-hydrogen) atoms. The molecule has 0 aliphatic rings. The first-order valence-electron chi connectivity index (χ1n) is 16.3. The van der Waals surface area contributed by atoms with E-state index in [-0.39, 0.29) is 85.3 Å². The lowest BCUT2D eigenvalue weighted by Crippen LogP contribution is -2.36. The fourth-order valence-corrected chi connectivity index (χ4v) is 5.50. The lowest BCUT2D eigenvalue weighted by atomic mass is 9.75. The van der Waals surface area contributed by atoms with Crippen LogP contribution in [0.2, 0.25) is 5.02 Å². The van der Waals surface area contributed by atoms with Crippen molar-refractivity contribution in [1.29, 1.82) is 0 Å². The largest absolute Gasteiger partial charge is 0.492 e. The maximum absolute atomic E-state index is 12.4. The average Bonchev–Trinajstić information content (AvgIpc) is 3.11. The van der Waals surface area contributed by atoms with Crippen molar-refractivity contribution in [1.82, 2.24) is 0 Å². The van der Waals surface area contributed by atoms with Crippen LogP contribution in [-0.4, -0.2) is 111 Å². The van der Waals surface area contributed by atoms with E-state index in [4.69, 9.17) is 50.5 Å².